The minimum absolute atomic E-state index is 0.0436. The Kier molecular flexibility index (Phi) is 4.80. The van der Waals surface area contributed by atoms with Crippen LogP contribution in [0.5, 0.6) is 0 Å². The van der Waals surface area contributed by atoms with Gasteiger partial charge < -0.3 is 9.80 Å². The van der Waals surface area contributed by atoms with E-state index < -0.39 is 0 Å². The molecule has 0 N–H and O–H groups in total. The van der Waals surface area contributed by atoms with Crippen LogP contribution >= 0.6 is 11.3 Å². The van der Waals surface area contributed by atoms with Crippen molar-refractivity contribution in [1.29, 1.82) is 0 Å². The minimum Gasteiger partial charge on any atom is -0.353 e. The van der Waals surface area contributed by atoms with Crippen LogP contribution in [0.3, 0.4) is 0 Å². The van der Waals surface area contributed by atoms with Crippen LogP contribution in [-0.2, 0) is 0 Å². The third kappa shape index (κ3) is 3.26. The first kappa shape index (κ1) is 16.8. The first-order valence-corrected chi connectivity index (χ1v) is 9.13. The number of carbonyl (C=O) groups is 1. The molecule has 2 aromatic rings. The summed E-state index contributed by atoms with van der Waals surface area (Å²) in [6.45, 7) is 11.2. The molecule has 1 aliphatic rings. The zero-order valence-electron chi connectivity index (χ0n) is 14.6. The van der Waals surface area contributed by atoms with Crippen molar-refractivity contribution in [2.24, 2.45) is 0 Å². The molecular weight excluding hydrogens is 322 g/mol. The number of amides is 1. The number of piperazine rings is 1. The van der Waals surface area contributed by atoms with Crippen LogP contribution in [0.2, 0.25) is 0 Å². The number of hydrogen-bond acceptors (Lipinski definition) is 6. The molecule has 1 aliphatic heterocycles. The van der Waals surface area contributed by atoms with E-state index in [1.165, 1.54) is 11.3 Å². The molecule has 128 valence electrons. The minimum atomic E-state index is 0.0436. The molecule has 0 unspecified atom stereocenters. The quantitative estimate of drug-likeness (QED) is 0.856. The molecule has 1 fully saturated rings. The van der Waals surface area contributed by atoms with Crippen molar-refractivity contribution in [2.45, 2.75) is 33.6 Å². The van der Waals surface area contributed by atoms with Crippen molar-refractivity contribution in [3.63, 3.8) is 0 Å². The highest BCUT2D eigenvalue weighted by Crippen LogP contribution is 2.22. The smallest absolute Gasteiger partial charge is 0.282 e. The van der Waals surface area contributed by atoms with Gasteiger partial charge in [-0.2, -0.15) is 0 Å². The predicted molar refractivity (Wildman–Crippen MR) is 95.8 cm³/mol. The highest BCUT2D eigenvalue weighted by molar-refractivity contribution is 7.11. The Balaban J connectivity index is 1.66. The second-order valence-electron chi connectivity index (χ2n) is 6.42. The van der Waals surface area contributed by atoms with Gasteiger partial charge in [0.15, 0.2) is 5.01 Å². The normalized spacial score (nSPS) is 15.2. The van der Waals surface area contributed by atoms with Crippen LogP contribution in [0.15, 0.2) is 11.7 Å². The number of aromatic nitrogens is 3. The highest BCUT2D eigenvalue weighted by atomic mass is 32.1. The van der Waals surface area contributed by atoms with Crippen molar-refractivity contribution in [3.8, 4) is 0 Å². The fourth-order valence-electron chi connectivity index (χ4n) is 2.75. The summed E-state index contributed by atoms with van der Waals surface area (Å²) in [6.07, 6.45) is 1.61. The number of anilines is 1. The molecule has 1 amide bonds. The van der Waals surface area contributed by atoms with Crippen molar-refractivity contribution >= 4 is 23.1 Å². The Hall–Kier alpha value is -2.02. The zero-order valence-corrected chi connectivity index (χ0v) is 15.4. The maximum Gasteiger partial charge on any atom is 0.282 e. The Labute approximate surface area is 146 Å². The van der Waals surface area contributed by atoms with Crippen LogP contribution < -0.4 is 4.90 Å². The first-order chi connectivity index (χ1) is 11.5. The average molecular weight is 345 g/mol. The van der Waals surface area contributed by atoms with Crippen molar-refractivity contribution in [1.82, 2.24) is 19.9 Å². The molecule has 0 aromatic carbocycles. The molecule has 2 aromatic heterocycles. The van der Waals surface area contributed by atoms with E-state index >= 15 is 0 Å². The average Bonchev–Trinajstić information content (AvgIpc) is 3.07. The molecule has 3 heterocycles. The Morgan fingerprint density at radius 2 is 1.88 bits per heavy atom. The molecular formula is C17H23N5OS. The number of rotatable bonds is 3. The van der Waals surface area contributed by atoms with Gasteiger partial charge in [0.1, 0.15) is 12.1 Å². The third-order valence-corrected chi connectivity index (χ3v) is 5.32. The van der Waals surface area contributed by atoms with Gasteiger partial charge in [-0.25, -0.2) is 15.0 Å². The van der Waals surface area contributed by atoms with Crippen LogP contribution in [0.4, 0.5) is 5.82 Å². The summed E-state index contributed by atoms with van der Waals surface area (Å²) < 4.78 is 0. The summed E-state index contributed by atoms with van der Waals surface area (Å²) in [4.78, 5) is 29.9. The first-order valence-electron chi connectivity index (χ1n) is 8.25. The van der Waals surface area contributed by atoms with E-state index in [0.717, 1.165) is 35.9 Å². The molecule has 6 nitrogen and oxygen atoms in total. The van der Waals surface area contributed by atoms with Gasteiger partial charge in [-0.15, -0.1) is 11.3 Å². The zero-order chi connectivity index (χ0) is 17.3. The Bertz CT molecular complexity index is 734. The number of thiazole rings is 1. The molecule has 0 aliphatic carbocycles. The lowest BCUT2D eigenvalue weighted by molar-refractivity contribution is 0.0746. The van der Waals surface area contributed by atoms with Gasteiger partial charge in [0.2, 0.25) is 0 Å². The molecule has 7 heteroatoms. The van der Waals surface area contributed by atoms with Gasteiger partial charge in [0.25, 0.3) is 5.91 Å². The van der Waals surface area contributed by atoms with E-state index in [0.29, 0.717) is 24.0 Å². The van der Waals surface area contributed by atoms with Crippen molar-refractivity contribution in [2.75, 3.05) is 31.1 Å². The molecule has 0 saturated carbocycles. The van der Waals surface area contributed by atoms with Gasteiger partial charge in [0, 0.05) is 42.8 Å². The standard InChI is InChI=1S/C17H23N5OS/c1-11(2)14-9-24-16(20-14)17(23)22-7-5-21(6-8-22)15-12(3)13(4)18-10-19-15/h9-11H,5-8H2,1-4H3. The van der Waals surface area contributed by atoms with E-state index in [-0.39, 0.29) is 5.91 Å². The maximum absolute atomic E-state index is 12.6. The summed E-state index contributed by atoms with van der Waals surface area (Å²) in [5.41, 5.74) is 3.11. The lowest BCUT2D eigenvalue weighted by Gasteiger charge is -2.35. The lowest BCUT2D eigenvalue weighted by Crippen LogP contribution is -2.49. The van der Waals surface area contributed by atoms with Crippen LogP contribution in [0.1, 0.15) is 46.5 Å². The van der Waals surface area contributed by atoms with E-state index in [2.05, 4.69) is 33.7 Å². The second kappa shape index (κ2) is 6.84. The van der Waals surface area contributed by atoms with Gasteiger partial charge in [-0.05, 0) is 19.8 Å². The predicted octanol–water partition coefficient (Wildman–Crippen LogP) is 2.64. The molecule has 0 radical (unpaired) electrons. The Morgan fingerprint density at radius 3 is 2.50 bits per heavy atom. The van der Waals surface area contributed by atoms with Crippen LogP contribution in [-0.4, -0.2) is 51.9 Å². The summed E-state index contributed by atoms with van der Waals surface area (Å²) in [5, 5.41) is 2.59. The molecule has 0 bridgehead atoms. The number of carbonyl (C=O) groups excluding carboxylic acids is 1. The molecule has 0 atom stereocenters. The topological polar surface area (TPSA) is 62.2 Å². The van der Waals surface area contributed by atoms with Crippen LogP contribution in [0.25, 0.3) is 0 Å². The van der Waals surface area contributed by atoms with Gasteiger partial charge in [0.05, 0.1) is 5.69 Å². The third-order valence-electron chi connectivity index (χ3n) is 4.47. The Morgan fingerprint density at radius 1 is 1.17 bits per heavy atom. The van der Waals surface area contributed by atoms with Gasteiger partial charge >= 0.3 is 0 Å². The number of hydrogen-bond donors (Lipinski definition) is 0. The number of nitrogens with zero attached hydrogens (tertiary/aromatic N) is 5. The van der Waals surface area contributed by atoms with E-state index in [1.54, 1.807) is 6.33 Å². The second-order valence-corrected chi connectivity index (χ2v) is 7.28. The summed E-state index contributed by atoms with van der Waals surface area (Å²) in [5.74, 6) is 1.37. The fourth-order valence-corrected chi connectivity index (χ4v) is 3.70. The fraction of sp³-hybridized carbons (Fsp3) is 0.529. The number of aryl methyl sites for hydroxylation is 1. The molecule has 24 heavy (non-hydrogen) atoms. The van der Waals surface area contributed by atoms with Gasteiger partial charge in [-0.3, -0.25) is 4.79 Å². The summed E-state index contributed by atoms with van der Waals surface area (Å²) in [7, 11) is 0. The summed E-state index contributed by atoms with van der Waals surface area (Å²) in [6, 6.07) is 0. The monoisotopic (exact) mass is 345 g/mol. The van der Waals surface area contributed by atoms with Gasteiger partial charge in [-0.1, -0.05) is 13.8 Å². The van der Waals surface area contributed by atoms with Crippen molar-refractivity contribution < 1.29 is 4.79 Å². The molecule has 1 saturated heterocycles. The van der Waals surface area contributed by atoms with Crippen LogP contribution in [0, 0.1) is 13.8 Å². The van der Waals surface area contributed by atoms with Crippen molar-refractivity contribution in [3.05, 3.63) is 33.7 Å². The lowest BCUT2D eigenvalue weighted by atomic mass is 10.2. The van der Waals surface area contributed by atoms with E-state index in [1.807, 2.05) is 24.1 Å². The summed E-state index contributed by atoms with van der Waals surface area (Å²) >= 11 is 1.44. The maximum atomic E-state index is 12.6. The largest absolute Gasteiger partial charge is 0.353 e. The van der Waals surface area contributed by atoms with E-state index in [4.69, 9.17) is 0 Å². The molecule has 3 rings (SSSR count). The SMILES string of the molecule is Cc1ncnc(N2CCN(C(=O)c3nc(C(C)C)cs3)CC2)c1C. The van der Waals surface area contributed by atoms with E-state index in [9.17, 15) is 4.79 Å². The molecule has 0 spiro atoms. The highest BCUT2D eigenvalue weighted by Gasteiger charge is 2.25.